The summed E-state index contributed by atoms with van der Waals surface area (Å²) in [5.74, 6) is -1.15. The molecule has 0 amide bonds. The minimum Gasteiger partial charge on any atom is -0.507 e. The van der Waals surface area contributed by atoms with Gasteiger partial charge in [-0.3, -0.25) is 4.99 Å². The van der Waals surface area contributed by atoms with E-state index in [1.807, 2.05) is 6.07 Å². The highest BCUT2D eigenvalue weighted by molar-refractivity contribution is 5.93. The Hall–Kier alpha value is -2.82. The van der Waals surface area contributed by atoms with Gasteiger partial charge in [-0.2, -0.15) is 0 Å². The summed E-state index contributed by atoms with van der Waals surface area (Å²) in [6, 6.07) is 9.11. The van der Waals surface area contributed by atoms with Gasteiger partial charge in [0, 0.05) is 11.8 Å². The molecule has 0 aromatic heterocycles. The lowest BCUT2D eigenvalue weighted by atomic mass is 9.87. The molecule has 120 valence electrons. The normalized spacial score (nSPS) is 11.8. The molecule has 0 aliphatic heterocycles. The molecule has 0 aliphatic carbocycles. The van der Waals surface area contributed by atoms with Gasteiger partial charge in [0.1, 0.15) is 17.2 Å². The van der Waals surface area contributed by atoms with Gasteiger partial charge in [-0.1, -0.05) is 26.8 Å². The van der Waals surface area contributed by atoms with Crippen molar-refractivity contribution >= 4 is 17.9 Å². The van der Waals surface area contributed by atoms with Gasteiger partial charge in [-0.15, -0.1) is 0 Å². The van der Waals surface area contributed by atoms with Crippen LogP contribution in [0.2, 0.25) is 0 Å². The molecule has 5 heteroatoms. The molecule has 0 saturated carbocycles. The molecule has 5 nitrogen and oxygen atoms in total. The van der Waals surface area contributed by atoms with Crippen LogP contribution in [0.1, 0.15) is 42.3 Å². The molecule has 2 rings (SSSR count). The lowest BCUT2D eigenvalue weighted by Gasteiger charge is -2.19. The number of carboxylic acid groups (broad SMARTS) is 1. The molecule has 0 unspecified atom stereocenters. The van der Waals surface area contributed by atoms with E-state index in [9.17, 15) is 15.0 Å². The third kappa shape index (κ3) is 3.88. The fourth-order valence-electron chi connectivity index (χ4n) is 2.02. The highest BCUT2D eigenvalue weighted by atomic mass is 16.4. The van der Waals surface area contributed by atoms with E-state index < -0.39 is 5.97 Å². The van der Waals surface area contributed by atoms with Crippen LogP contribution in [0.4, 0.5) is 5.69 Å². The summed E-state index contributed by atoms with van der Waals surface area (Å²) in [6.45, 7) is 6.15. The average molecular weight is 313 g/mol. The Kier molecular flexibility index (Phi) is 4.40. The van der Waals surface area contributed by atoms with Crippen molar-refractivity contribution in [3.63, 3.8) is 0 Å². The van der Waals surface area contributed by atoms with E-state index in [0.29, 0.717) is 5.69 Å². The number of phenols is 2. The first-order chi connectivity index (χ1) is 10.7. The van der Waals surface area contributed by atoms with Crippen LogP contribution in [0.3, 0.4) is 0 Å². The molecule has 0 radical (unpaired) electrons. The van der Waals surface area contributed by atoms with Crippen LogP contribution in [0.25, 0.3) is 0 Å². The number of aliphatic imine (C=N–C) groups is 1. The molecule has 0 atom stereocenters. The van der Waals surface area contributed by atoms with Crippen molar-refractivity contribution in [3.8, 4) is 11.5 Å². The second-order valence-electron chi connectivity index (χ2n) is 6.29. The Morgan fingerprint density at radius 2 is 1.70 bits per heavy atom. The van der Waals surface area contributed by atoms with Crippen LogP contribution in [-0.2, 0) is 5.41 Å². The van der Waals surface area contributed by atoms with E-state index in [0.717, 1.165) is 5.56 Å². The zero-order chi connectivity index (χ0) is 17.2. The number of carboxylic acids is 1. The largest absolute Gasteiger partial charge is 0.507 e. The second kappa shape index (κ2) is 6.12. The highest BCUT2D eigenvalue weighted by Crippen LogP contribution is 2.32. The van der Waals surface area contributed by atoms with E-state index in [4.69, 9.17) is 5.11 Å². The predicted octanol–water partition coefficient (Wildman–Crippen LogP) is 3.84. The monoisotopic (exact) mass is 313 g/mol. The first kappa shape index (κ1) is 16.5. The van der Waals surface area contributed by atoms with Crippen molar-refractivity contribution in [2.24, 2.45) is 4.99 Å². The molecule has 0 bridgehead atoms. The maximum Gasteiger partial charge on any atom is 0.335 e. The van der Waals surface area contributed by atoms with Crippen LogP contribution in [-0.4, -0.2) is 27.5 Å². The van der Waals surface area contributed by atoms with E-state index in [-0.39, 0.29) is 28.0 Å². The lowest BCUT2D eigenvalue weighted by molar-refractivity contribution is 0.0697. The second-order valence-corrected chi connectivity index (χ2v) is 6.29. The van der Waals surface area contributed by atoms with Crippen molar-refractivity contribution < 1.29 is 20.1 Å². The third-order valence-electron chi connectivity index (χ3n) is 3.46. The Morgan fingerprint density at radius 3 is 2.30 bits per heavy atom. The summed E-state index contributed by atoms with van der Waals surface area (Å²) in [7, 11) is 0. The van der Waals surface area contributed by atoms with Gasteiger partial charge in [0.2, 0.25) is 0 Å². The number of hydrogen-bond donors (Lipinski definition) is 3. The van der Waals surface area contributed by atoms with Gasteiger partial charge in [-0.25, -0.2) is 4.79 Å². The topological polar surface area (TPSA) is 90.1 Å². The van der Waals surface area contributed by atoms with Crippen molar-refractivity contribution in [2.45, 2.75) is 26.2 Å². The molecule has 0 fully saturated rings. The first-order valence-electron chi connectivity index (χ1n) is 7.12. The minimum atomic E-state index is -1.09. The zero-order valence-corrected chi connectivity index (χ0v) is 13.2. The smallest absolute Gasteiger partial charge is 0.335 e. The number of aromatic carboxylic acids is 1. The van der Waals surface area contributed by atoms with Gasteiger partial charge in [0.25, 0.3) is 0 Å². The van der Waals surface area contributed by atoms with Gasteiger partial charge in [0.05, 0.1) is 5.56 Å². The number of rotatable bonds is 3. The molecule has 0 aliphatic rings. The average Bonchev–Trinajstić information content (AvgIpc) is 2.46. The van der Waals surface area contributed by atoms with Crippen LogP contribution < -0.4 is 0 Å². The summed E-state index contributed by atoms with van der Waals surface area (Å²) in [5.41, 5.74) is 1.59. The SMILES string of the molecule is CC(C)(C)c1ccc(O)c(N=Cc2cc(C(=O)O)ccc2O)c1. The molecular weight excluding hydrogens is 294 g/mol. The van der Waals surface area contributed by atoms with E-state index >= 15 is 0 Å². The molecule has 23 heavy (non-hydrogen) atoms. The first-order valence-corrected chi connectivity index (χ1v) is 7.12. The quantitative estimate of drug-likeness (QED) is 0.751. The maximum atomic E-state index is 11.0. The van der Waals surface area contributed by atoms with Crippen LogP contribution >= 0.6 is 0 Å². The molecule has 2 aromatic carbocycles. The van der Waals surface area contributed by atoms with Crippen LogP contribution in [0, 0.1) is 0 Å². The number of carbonyl (C=O) groups is 1. The van der Waals surface area contributed by atoms with E-state index in [2.05, 4.69) is 25.8 Å². The number of nitrogens with zero attached hydrogens (tertiary/aromatic N) is 1. The number of aromatic hydroxyl groups is 2. The summed E-state index contributed by atoms with van der Waals surface area (Å²) < 4.78 is 0. The molecule has 2 aromatic rings. The molecule has 0 heterocycles. The Labute approximate surface area is 134 Å². The third-order valence-corrected chi connectivity index (χ3v) is 3.46. The Bertz CT molecular complexity index is 773. The Morgan fingerprint density at radius 1 is 1.04 bits per heavy atom. The van der Waals surface area contributed by atoms with Gasteiger partial charge in [0.15, 0.2) is 0 Å². The van der Waals surface area contributed by atoms with Crippen molar-refractivity contribution in [1.29, 1.82) is 0 Å². The molecule has 0 saturated heterocycles. The molecule has 3 N–H and O–H groups in total. The van der Waals surface area contributed by atoms with Crippen LogP contribution in [0.15, 0.2) is 41.4 Å². The summed E-state index contributed by atoms with van der Waals surface area (Å²) in [5, 5.41) is 28.7. The summed E-state index contributed by atoms with van der Waals surface area (Å²) >= 11 is 0. The van der Waals surface area contributed by atoms with Crippen LogP contribution in [0.5, 0.6) is 11.5 Å². The maximum absolute atomic E-state index is 11.0. The molecular formula is C18H19NO4. The lowest BCUT2D eigenvalue weighted by Crippen LogP contribution is -2.10. The fraction of sp³-hybridized carbons (Fsp3) is 0.222. The summed E-state index contributed by atoms with van der Waals surface area (Å²) in [4.78, 5) is 15.2. The predicted molar refractivity (Wildman–Crippen MR) is 89.1 cm³/mol. The van der Waals surface area contributed by atoms with Gasteiger partial charge >= 0.3 is 5.97 Å². The van der Waals surface area contributed by atoms with Crippen molar-refractivity contribution in [3.05, 3.63) is 53.1 Å². The number of phenolic OH excluding ortho intramolecular Hbond substituents is 2. The van der Waals surface area contributed by atoms with E-state index in [1.54, 1.807) is 12.1 Å². The van der Waals surface area contributed by atoms with Gasteiger partial charge < -0.3 is 15.3 Å². The molecule has 0 spiro atoms. The van der Waals surface area contributed by atoms with Crippen molar-refractivity contribution in [1.82, 2.24) is 0 Å². The van der Waals surface area contributed by atoms with E-state index in [1.165, 1.54) is 24.4 Å². The number of hydrogen-bond acceptors (Lipinski definition) is 4. The zero-order valence-electron chi connectivity index (χ0n) is 13.2. The summed E-state index contributed by atoms with van der Waals surface area (Å²) in [6.07, 6.45) is 1.34. The highest BCUT2D eigenvalue weighted by Gasteiger charge is 2.15. The van der Waals surface area contributed by atoms with Gasteiger partial charge in [-0.05, 0) is 41.3 Å². The fourth-order valence-corrected chi connectivity index (χ4v) is 2.02. The van der Waals surface area contributed by atoms with Crippen molar-refractivity contribution in [2.75, 3.05) is 0 Å². The standard InChI is InChI=1S/C18H19NO4/c1-18(2,3)13-5-7-16(21)14(9-13)19-10-12-8-11(17(22)23)4-6-15(12)20/h4-10,20-21H,1-3H3,(H,22,23). The number of benzene rings is 2. The minimum absolute atomic E-state index is 0.0168. The Balaban J connectivity index is 2.41.